The van der Waals surface area contributed by atoms with E-state index in [1.165, 1.54) is 0 Å². The molecule has 0 aliphatic carbocycles. The van der Waals surface area contributed by atoms with Gasteiger partial charge in [-0.05, 0) is 54.3 Å². The van der Waals surface area contributed by atoms with Crippen molar-refractivity contribution in [1.29, 1.82) is 0 Å². The Hall–Kier alpha value is -3.33. The Morgan fingerprint density at radius 2 is 1.65 bits per heavy atom. The summed E-state index contributed by atoms with van der Waals surface area (Å²) in [6.07, 6.45) is -4.98. The van der Waals surface area contributed by atoms with Crippen LogP contribution in [0, 0.1) is 0 Å². The summed E-state index contributed by atoms with van der Waals surface area (Å²) >= 11 is 12.0. The van der Waals surface area contributed by atoms with E-state index in [1.807, 2.05) is 60.7 Å². The lowest BCUT2D eigenvalue weighted by atomic mass is 9.69. The lowest BCUT2D eigenvalue weighted by molar-refractivity contribution is -0.216. The number of aromatic nitrogens is 2. The van der Waals surface area contributed by atoms with E-state index >= 15 is 0 Å². The zero-order valence-electron chi connectivity index (χ0n) is 21.3. The van der Waals surface area contributed by atoms with E-state index in [0.29, 0.717) is 41.7 Å². The van der Waals surface area contributed by atoms with E-state index in [2.05, 4.69) is 10.2 Å². The number of likely N-dealkylation sites (tertiary alicyclic amines) is 1. The van der Waals surface area contributed by atoms with Crippen LogP contribution in [-0.2, 0) is 21.4 Å². The molecule has 2 atom stereocenters. The smallest absolute Gasteiger partial charge is 0.440 e. The zero-order valence-corrected chi connectivity index (χ0v) is 22.8. The lowest BCUT2D eigenvalue weighted by Crippen LogP contribution is -2.53. The summed E-state index contributed by atoms with van der Waals surface area (Å²) in [6.45, 7) is 0.800. The van der Waals surface area contributed by atoms with Crippen molar-refractivity contribution < 1.29 is 22.7 Å². The van der Waals surface area contributed by atoms with E-state index in [1.54, 1.807) is 29.2 Å². The van der Waals surface area contributed by atoms with Crippen molar-refractivity contribution in [2.24, 2.45) is 0 Å². The average molecular weight is 588 g/mol. The molecule has 1 saturated heterocycles. The van der Waals surface area contributed by atoms with Crippen molar-refractivity contribution in [2.75, 3.05) is 13.1 Å². The van der Waals surface area contributed by atoms with Crippen LogP contribution in [-0.4, -0.2) is 46.6 Å². The van der Waals surface area contributed by atoms with Crippen molar-refractivity contribution in [2.45, 2.75) is 37.1 Å². The molecule has 1 N–H and O–H groups in total. The van der Waals surface area contributed by atoms with Crippen molar-refractivity contribution >= 4 is 29.2 Å². The first-order valence-electron chi connectivity index (χ1n) is 12.8. The van der Waals surface area contributed by atoms with Gasteiger partial charge in [0.05, 0.1) is 5.69 Å². The van der Waals surface area contributed by atoms with E-state index in [-0.39, 0.29) is 6.42 Å². The number of carbonyl (C=O) groups excluding carboxylic acids is 1. The van der Waals surface area contributed by atoms with Crippen LogP contribution in [0.4, 0.5) is 13.2 Å². The fraction of sp³-hybridized carbons (Fsp3) is 0.267. The highest BCUT2D eigenvalue weighted by Crippen LogP contribution is 2.44. The van der Waals surface area contributed by atoms with Gasteiger partial charge in [0.25, 0.3) is 0 Å². The second-order valence-electron chi connectivity index (χ2n) is 9.85. The van der Waals surface area contributed by atoms with Gasteiger partial charge in [0.2, 0.25) is 0 Å². The minimum atomic E-state index is -5.11. The van der Waals surface area contributed by atoms with Crippen LogP contribution in [0.15, 0.2) is 84.9 Å². The molecule has 10 heteroatoms. The molecule has 0 amide bonds. The molecule has 208 valence electrons. The number of ether oxygens (including phenoxy) is 1. The van der Waals surface area contributed by atoms with Gasteiger partial charge >= 0.3 is 12.1 Å². The Labute approximate surface area is 239 Å². The van der Waals surface area contributed by atoms with Crippen molar-refractivity contribution in [3.05, 3.63) is 112 Å². The molecule has 2 heterocycles. The minimum absolute atomic E-state index is 0.113. The third-order valence-electron chi connectivity index (χ3n) is 7.39. The van der Waals surface area contributed by atoms with Crippen molar-refractivity contribution in [3.8, 4) is 11.3 Å². The molecule has 1 aromatic heterocycles. The van der Waals surface area contributed by atoms with Crippen LogP contribution >= 0.6 is 23.2 Å². The average Bonchev–Trinajstić information content (AvgIpc) is 3.44. The van der Waals surface area contributed by atoms with Gasteiger partial charge in [0.1, 0.15) is 0 Å². The number of aromatic amines is 1. The first kappa shape index (κ1) is 28.2. The first-order valence-corrected chi connectivity index (χ1v) is 13.5. The number of halogens is 5. The number of hydrogen-bond acceptors (Lipinski definition) is 4. The Bertz CT molecular complexity index is 1440. The lowest BCUT2D eigenvalue weighted by Gasteiger charge is -2.46. The summed E-state index contributed by atoms with van der Waals surface area (Å²) in [5, 5.41) is 8.84. The molecule has 0 spiro atoms. The summed E-state index contributed by atoms with van der Waals surface area (Å²) in [7, 11) is 0. The highest BCUT2D eigenvalue weighted by atomic mass is 35.5. The molecule has 4 aromatic rings. The fourth-order valence-corrected chi connectivity index (χ4v) is 5.50. The minimum Gasteiger partial charge on any atom is -0.440 e. The maximum atomic E-state index is 13.3. The molecule has 40 heavy (non-hydrogen) atoms. The topological polar surface area (TPSA) is 58.2 Å². The number of nitrogens with one attached hydrogen (secondary N) is 1. The number of rotatable bonds is 7. The van der Waals surface area contributed by atoms with Gasteiger partial charge in [-0.25, -0.2) is 4.79 Å². The van der Waals surface area contributed by atoms with E-state index in [9.17, 15) is 18.0 Å². The number of hydrogen-bond donors (Lipinski definition) is 1. The van der Waals surface area contributed by atoms with Gasteiger partial charge in [-0.3, -0.25) is 10.00 Å². The Kier molecular flexibility index (Phi) is 8.21. The van der Waals surface area contributed by atoms with Gasteiger partial charge in [-0.1, -0.05) is 77.8 Å². The summed E-state index contributed by atoms with van der Waals surface area (Å²) in [5.74, 6) is -2.20. The number of esters is 1. The Balaban J connectivity index is 1.49. The molecule has 1 fully saturated rings. The normalized spacial score (nSPS) is 19.9. The molecular weight excluding hydrogens is 562 g/mol. The molecule has 0 saturated carbocycles. The molecule has 2 unspecified atom stereocenters. The third kappa shape index (κ3) is 6.19. The number of nitrogens with zero attached hydrogens (tertiary/aromatic N) is 2. The molecule has 5 nitrogen and oxygen atoms in total. The van der Waals surface area contributed by atoms with Crippen LogP contribution < -0.4 is 0 Å². The van der Waals surface area contributed by atoms with Crippen LogP contribution in [0.2, 0.25) is 10.0 Å². The quantitative estimate of drug-likeness (QED) is 0.228. The standard InChI is InChI=1S/C30H26Cl2F3N3O2/c31-23-10-6-20(7-11-23)14-16-38-17-15-29(22-4-2-1-3-5-22,19-27(38)40-28(39)30(33,34)35)26-18-25(36-37-26)21-8-12-24(32)13-9-21/h1-13,18,27H,14-17,19H2,(H,36,37). The van der Waals surface area contributed by atoms with Gasteiger partial charge in [0.15, 0.2) is 6.23 Å². The maximum Gasteiger partial charge on any atom is 0.490 e. The maximum absolute atomic E-state index is 13.3. The molecule has 3 aromatic carbocycles. The summed E-state index contributed by atoms with van der Waals surface area (Å²) in [5.41, 5.74) is 3.35. The van der Waals surface area contributed by atoms with Gasteiger partial charge in [-0.2, -0.15) is 18.3 Å². The summed E-state index contributed by atoms with van der Waals surface area (Å²) in [4.78, 5) is 13.9. The summed E-state index contributed by atoms with van der Waals surface area (Å²) < 4.78 is 45.2. The van der Waals surface area contributed by atoms with Crippen molar-refractivity contribution in [3.63, 3.8) is 0 Å². The Morgan fingerprint density at radius 3 is 2.30 bits per heavy atom. The van der Waals surface area contributed by atoms with Gasteiger partial charge in [-0.15, -0.1) is 0 Å². The van der Waals surface area contributed by atoms with Gasteiger partial charge in [0, 0.05) is 46.2 Å². The zero-order chi connectivity index (χ0) is 28.3. The molecule has 1 aliphatic rings. The second kappa shape index (κ2) is 11.6. The largest absolute Gasteiger partial charge is 0.490 e. The molecule has 1 aliphatic heterocycles. The second-order valence-corrected chi connectivity index (χ2v) is 10.7. The number of alkyl halides is 3. The number of carbonyl (C=O) groups is 1. The highest BCUT2D eigenvalue weighted by Gasteiger charge is 2.48. The van der Waals surface area contributed by atoms with Crippen LogP contribution in [0.3, 0.4) is 0 Å². The number of H-pyrrole nitrogens is 1. The number of piperidine rings is 1. The van der Waals surface area contributed by atoms with Gasteiger partial charge < -0.3 is 4.74 Å². The van der Waals surface area contributed by atoms with E-state index in [4.69, 9.17) is 27.9 Å². The van der Waals surface area contributed by atoms with Crippen LogP contribution in [0.25, 0.3) is 11.3 Å². The predicted molar refractivity (Wildman–Crippen MR) is 148 cm³/mol. The molecule has 0 radical (unpaired) electrons. The molecule has 5 rings (SSSR count). The monoisotopic (exact) mass is 587 g/mol. The van der Waals surface area contributed by atoms with E-state index < -0.39 is 23.8 Å². The van der Waals surface area contributed by atoms with E-state index in [0.717, 1.165) is 22.4 Å². The SMILES string of the molecule is O=C(OC1CC(c2ccccc2)(c2cc(-c3ccc(Cl)cc3)n[nH]2)CCN1CCc1ccc(Cl)cc1)C(F)(F)F. The van der Waals surface area contributed by atoms with Crippen LogP contribution in [0.1, 0.15) is 29.7 Å². The highest BCUT2D eigenvalue weighted by molar-refractivity contribution is 6.30. The van der Waals surface area contributed by atoms with Crippen molar-refractivity contribution in [1.82, 2.24) is 15.1 Å². The third-order valence-corrected chi connectivity index (χ3v) is 7.90. The first-order chi connectivity index (χ1) is 19.1. The Morgan fingerprint density at radius 1 is 1.00 bits per heavy atom. The van der Waals surface area contributed by atoms with Crippen LogP contribution in [0.5, 0.6) is 0 Å². The fourth-order valence-electron chi connectivity index (χ4n) is 5.25. The molecular formula is C30H26Cl2F3N3O2. The molecule has 0 bridgehead atoms. The predicted octanol–water partition coefficient (Wildman–Crippen LogP) is 7.44. The summed E-state index contributed by atoms with van der Waals surface area (Å²) in [6, 6.07) is 26.0. The number of benzene rings is 3.